The second-order valence-corrected chi connectivity index (χ2v) is 4.78. The molecule has 0 saturated carbocycles. The first-order valence-electron chi connectivity index (χ1n) is 5.72. The minimum atomic E-state index is -0.736. The zero-order valence-corrected chi connectivity index (χ0v) is 10.8. The third-order valence-electron chi connectivity index (χ3n) is 3.06. The van der Waals surface area contributed by atoms with Crippen LogP contribution in [0.4, 0.5) is 15.8 Å². The van der Waals surface area contributed by atoms with Gasteiger partial charge in [-0.05, 0) is 36.4 Å². The number of hydrogen-bond acceptors (Lipinski definition) is 3. The van der Waals surface area contributed by atoms with Crippen molar-refractivity contribution in [2.24, 2.45) is 0 Å². The quantitative estimate of drug-likeness (QED) is 0.649. The number of carbonyl (C=O) groups is 2. The monoisotopic (exact) mass is 290 g/mol. The highest BCUT2D eigenvalue weighted by molar-refractivity contribution is 6.35. The fourth-order valence-electron chi connectivity index (χ4n) is 2.14. The molecule has 0 saturated heterocycles. The number of benzene rings is 2. The van der Waals surface area contributed by atoms with Gasteiger partial charge in [0.25, 0.3) is 11.8 Å². The van der Waals surface area contributed by atoms with Crippen molar-refractivity contribution in [2.45, 2.75) is 0 Å². The van der Waals surface area contributed by atoms with Gasteiger partial charge in [0.15, 0.2) is 0 Å². The van der Waals surface area contributed by atoms with Crippen LogP contribution in [0.3, 0.4) is 0 Å². The molecule has 4 nitrogen and oxygen atoms in total. The largest absolute Gasteiger partial charge is 0.399 e. The number of nitrogens with two attached hydrogens (primary N) is 1. The third-order valence-corrected chi connectivity index (χ3v) is 3.30. The molecule has 2 amide bonds. The van der Waals surface area contributed by atoms with Crippen LogP contribution in [0.2, 0.25) is 5.02 Å². The van der Waals surface area contributed by atoms with Crippen LogP contribution in [0.5, 0.6) is 0 Å². The molecule has 0 atom stereocenters. The molecule has 0 aromatic heterocycles. The second-order valence-electron chi connectivity index (χ2n) is 4.35. The Morgan fingerprint density at radius 3 is 2.40 bits per heavy atom. The molecule has 0 bridgehead atoms. The van der Waals surface area contributed by atoms with Gasteiger partial charge >= 0.3 is 0 Å². The van der Waals surface area contributed by atoms with Crippen molar-refractivity contribution in [1.29, 1.82) is 0 Å². The van der Waals surface area contributed by atoms with Crippen molar-refractivity contribution in [3.63, 3.8) is 0 Å². The van der Waals surface area contributed by atoms with E-state index in [9.17, 15) is 14.0 Å². The predicted molar refractivity (Wildman–Crippen MR) is 73.4 cm³/mol. The molecule has 20 heavy (non-hydrogen) atoms. The average Bonchev–Trinajstić information content (AvgIpc) is 2.63. The highest BCUT2D eigenvalue weighted by Gasteiger charge is 2.37. The Morgan fingerprint density at radius 1 is 1.00 bits per heavy atom. The molecule has 100 valence electrons. The molecule has 0 unspecified atom stereocenters. The number of fused-ring (bicyclic) bond motifs is 1. The van der Waals surface area contributed by atoms with Gasteiger partial charge in [0, 0.05) is 10.7 Å². The second kappa shape index (κ2) is 4.31. The molecule has 2 N–H and O–H groups in total. The fourth-order valence-corrected chi connectivity index (χ4v) is 2.30. The van der Waals surface area contributed by atoms with Gasteiger partial charge in [-0.2, -0.15) is 0 Å². The zero-order valence-electron chi connectivity index (χ0n) is 10.1. The fraction of sp³-hybridized carbons (Fsp3) is 0. The summed E-state index contributed by atoms with van der Waals surface area (Å²) in [6, 6.07) is 8.14. The first kappa shape index (κ1) is 12.6. The minimum absolute atomic E-state index is 0.126. The Bertz CT molecular complexity index is 761. The first-order chi connectivity index (χ1) is 9.49. The molecule has 0 spiro atoms. The van der Waals surface area contributed by atoms with Crippen LogP contribution in [0.1, 0.15) is 20.7 Å². The average molecular weight is 291 g/mol. The van der Waals surface area contributed by atoms with Crippen molar-refractivity contribution >= 4 is 34.8 Å². The number of rotatable bonds is 1. The summed E-state index contributed by atoms with van der Waals surface area (Å²) in [5.41, 5.74) is 6.21. The Balaban J connectivity index is 2.14. The van der Waals surface area contributed by atoms with Crippen molar-refractivity contribution < 1.29 is 14.0 Å². The summed E-state index contributed by atoms with van der Waals surface area (Å²) >= 11 is 5.66. The van der Waals surface area contributed by atoms with Gasteiger partial charge in [-0.25, -0.2) is 9.29 Å². The maximum Gasteiger partial charge on any atom is 0.266 e. The van der Waals surface area contributed by atoms with Gasteiger partial charge in [-0.1, -0.05) is 11.6 Å². The van der Waals surface area contributed by atoms with Gasteiger partial charge in [-0.15, -0.1) is 0 Å². The molecule has 2 aromatic carbocycles. The van der Waals surface area contributed by atoms with Gasteiger partial charge in [0.05, 0.1) is 16.8 Å². The normalized spacial score (nSPS) is 13.8. The number of anilines is 2. The van der Waals surface area contributed by atoms with E-state index in [0.29, 0.717) is 5.69 Å². The van der Waals surface area contributed by atoms with E-state index in [-0.39, 0.29) is 21.8 Å². The van der Waals surface area contributed by atoms with E-state index in [1.165, 1.54) is 30.3 Å². The van der Waals surface area contributed by atoms with Gasteiger partial charge in [0.1, 0.15) is 5.82 Å². The van der Waals surface area contributed by atoms with Gasteiger partial charge < -0.3 is 5.73 Å². The van der Waals surface area contributed by atoms with E-state index in [2.05, 4.69) is 0 Å². The number of hydrogen-bond donors (Lipinski definition) is 1. The van der Waals surface area contributed by atoms with Gasteiger partial charge in [0.2, 0.25) is 0 Å². The Kier molecular flexibility index (Phi) is 2.72. The van der Waals surface area contributed by atoms with Crippen LogP contribution in [0.25, 0.3) is 0 Å². The highest BCUT2D eigenvalue weighted by Crippen LogP contribution is 2.32. The lowest BCUT2D eigenvalue weighted by Gasteiger charge is -2.14. The molecular weight excluding hydrogens is 283 g/mol. The van der Waals surface area contributed by atoms with E-state index >= 15 is 0 Å². The van der Waals surface area contributed by atoms with Crippen molar-refractivity contribution in [3.8, 4) is 0 Å². The van der Waals surface area contributed by atoms with E-state index in [1.807, 2.05) is 0 Å². The topological polar surface area (TPSA) is 63.4 Å². The molecule has 1 aliphatic heterocycles. The van der Waals surface area contributed by atoms with Crippen LogP contribution in [0, 0.1) is 5.82 Å². The summed E-state index contributed by atoms with van der Waals surface area (Å²) in [6.45, 7) is 0. The zero-order chi connectivity index (χ0) is 14.4. The number of nitrogen functional groups attached to an aromatic ring is 1. The van der Waals surface area contributed by atoms with Crippen LogP contribution in [-0.4, -0.2) is 11.8 Å². The maximum atomic E-state index is 13.9. The van der Waals surface area contributed by atoms with Crippen LogP contribution < -0.4 is 10.6 Å². The van der Waals surface area contributed by atoms with E-state index in [4.69, 9.17) is 17.3 Å². The summed E-state index contributed by atoms with van der Waals surface area (Å²) < 4.78 is 13.9. The first-order valence-corrected chi connectivity index (χ1v) is 6.10. The molecular formula is C14H8ClFN2O2. The molecule has 0 aliphatic carbocycles. The van der Waals surface area contributed by atoms with Crippen LogP contribution >= 0.6 is 11.6 Å². The highest BCUT2D eigenvalue weighted by atomic mass is 35.5. The van der Waals surface area contributed by atoms with Crippen LogP contribution in [0.15, 0.2) is 36.4 Å². The lowest BCUT2D eigenvalue weighted by atomic mass is 10.1. The summed E-state index contributed by atoms with van der Waals surface area (Å²) in [5.74, 6) is -1.91. The summed E-state index contributed by atoms with van der Waals surface area (Å²) in [4.78, 5) is 25.3. The summed E-state index contributed by atoms with van der Waals surface area (Å²) in [5, 5.41) is 0.187. The lowest BCUT2D eigenvalue weighted by Crippen LogP contribution is -2.30. The standard InChI is InChI=1S/C14H8ClFN2O2/c15-7-1-4-12(11(16)5-7)18-13(19)9-3-2-8(17)6-10(9)14(18)20/h1-6H,17H2. The Labute approximate surface area is 118 Å². The van der Waals surface area contributed by atoms with E-state index in [0.717, 1.165) is 11.0 Å². The molecule has 6 heteroatoms. The van der Waals surface area contributed by atoms with E-state index in [1.54, 1.807) is 0 Å². The molecule has 1 aliphatic rings. The number of nitrogens with zero attached hydrogens (tertiary/aromatic N) is 1. The molecule has 1 heterocycles. The Hall–Kier alpha value is -2.40. The number of imide groups is 1. The SMILES string of the molecule is Nc1ccc2c(c1)C(=O)N(c1ccc(Cl)cc1F)C2=O. The molecule has 2 aromatic rings. The van der Waals surface area contributed by atoms with Crippen molar-refractivity contribution in [3.05, 3.63) is 58.4 Å². The van der Waals surface area contributed by atoms with Crippen molar-refractivity contribution in [1.82, 2.24) is 0 Å². The molecule has 0 fully saturated rings. The number of halogens is 2. The van der Waals surface area contributed by atoms with Gasteiger partial charge in [-0.3, -0.25) is 9.59 Å². The summed E-state index contributed by atoms with van der Waals surface area (Å²) in [7, 11) is 0. The maximum absolute atomic E-state index is 13.9. The van der Waals surface area contributed by atoms with Crippen molar-refractivity contribution in [2.75, 3.05) is 10.6 Å². The smallest absolute Gasteiger partial charge is 0.266 e. The van der Waals surface area contributed by atoms with E-state index < -0.39 is 17.6 Å². The molecule has 0 radical (unpaired) electrons. The number of carbonyl (C=O) groups excluding carboxylic acids is 2. The minimum Gasteiger partial charge on any atom is -0.399 e. The molecule has 3 rings (SSSR count). The summed E-state index contributed by atoms with van der Waals surface area (Å²) in [6.07, 6.45) is 0. The lowest BCUT2D eigenvalue weighted by molar-refractivity contribution is 0.0925. The predicted octanol–water partition coefficient (Wildman–Crippen LogP) is 2.86. The third kappa shape index (κ3) is 1.75. The Morgan fingerprint density at radius 2 is 1.70 bits per heavy atom. The number of amides is 2. The van der Waals surface area contributed by atoms with Crippen LogP contribution in [-0.2, 0) is 0 Å².